The molecule has 0 saturated carbocycles. The second kappa shape index (κ2) is 7.71. The normalized spacial score (nSPS) is 15.2. The zero-order valence-electron chi connectivity index (χ0n) is 15.4. The van der Waals surface area contributed by atoms with Crippen molar-refractivity contribution >= 4 is 40.0 Å². The molecule has 2 aromatic heterocycles. The summed E-state index contributed by atoms with van der Waals surface area (Å²) in [6.07, 6.45) is 5.46. The molecule has 7 nitrogen and oxygen atoms in total. The van der Waals surface area contributed by atoms with Gasteiger partial charge in [0, 0.05) is 18.8 Å². The van der Waals surface area contributed by atoms with Crippen molar-refractivity contribution in [3.63, 3.8) is 0 Å². The van der Waals surface area contributed by atoms with Crippen molar-refractivity contribution < 1.29 is 9.18 Å². The molecule has 146 valence electrons. The zero-order valence-corrected chi connectivity index (χ0v) is 16.2. The first-order valence-electron chi connectivity index (χ1n) is 9.17. The lowest BCUT2D eigenvalue weighted by atomic mass is 9.99. The van der Waals surface area contributed by atoms with E-state index in [0.29, 0.717) is 11.3 Å². The van der Waals surface area contributed by atoms with Crippen LogP contribution in [0.2, 0.25) is 5.02 Å². The third-order valence-corrected chi connectivity index (χ3v) is 5.28. The summed E-state index contributed by atoms with van der Waals surface area (Å²) in [7, 11) is 0. The molecule has 1 aliphatic heterocycles. The second-order valence-corrected chi connectivity index (χ2v) is 7.49. The predicted octanol–water partition coefficient (Wildman–Crippen LogP) is 3.49. The van der Waals surface area contributed by atoms with Gasteiger partial charge in [0.05, 0.1) is 16.6 Å². The smallest absolute Gasteiger partial charge is 0.246 e. The maximum atomic E-state index is 13.3. The van der Waals surface area contributed by atoms with Gasteiger partial charge in [-0.3, -0.25) is 4.79 Å². The van der Waals surface area contributed by atoms with Gasteiger partial charge in [-0.2, -0.15) is 5.10 Å². The van der Waals surface area contributed by atoms with Crippen LogP contribution in [0, 0.1) is 11.7 Å². The van der Waals surface area contributed by atoms with Crippen molar-refractivity contribution in [1.82, 2.24) is 19.7 Å². The third-order valence-electron chi connectivity index (χ3n) is 4.99. The van der Waals surface area contributed by atoms with Crippen LogP contribution in [0.1, 0.15) is 19.8 Å². The van der Waals surface area contributed by atoms with Crippen molar-refractivity contribution in [1.29, 1.82) is 0 Å². The molecule has 0 atom stereocenters. The molecule has 3 aromatic rings. The molecule has 1 amide bonds. The fourth-order valence-corrected chi connectivity index (χ4v) is 3.56. The van der Waals surface area contributed by atoms with E-state index >= 15 is 0 Å². The Morgan fingerprint density at radius 2 is 2.11 bits per heavy atom. The van der Waals surface area contributed by atoms with E-state index in [4.69, 9.17) is 11.6 Å². The summed E-state index contributed by atoms with van der Waals surface area (Å²) < 4.78 is 14.8. The number of carbonyl (C=O) groups is 1. The Kier molecular flexibility index (Phi) is 5.13. The number of hydrogen-bond donors (Lipinski definition) is 1. The van der Waals surface area contributed by atoms with E-state index in [0.717, 1.165) is 43.1 Å². The topological polar surface area (TPSA) is 75.9 Å². The molecule has 1 aliphatic rings. The van der Waals surface area contributed by atoms with Crippen molar-refractivity contribution in [2.45, 2.75) is 26.3 Å². The molecular formula is C19H20ClFN6O. The number of aromatic nitrogens is 4. The summed E-state index contributed by atoms with van der Waals surface area (Å²) >= 11 is 5.75. The molecule has 0 aliphatic carbocycles. The van der Waals surface area contributed by atoms with E-state index in [1.165, 1.54) is 29.2 Å². The molecule has 1 fully saturated rings. The molecule has 0 radical (unpaired) electrons. The molecule has 1 aromatic carbocycles. The Bertz CT molecular complexity index is 1010. The fourth-order valence-electron chi connectivity index (χ4n) is 3.38. The van der Waals surface area contributed by atoms with Gasteiger partial charge in [0.2, 0.25) is 5.91 Å². The van der Waals surface area contributed by atoms with Gasteiger partial charge in [0.25, 0.3) is 0 Å². The molecular weight excluding hydrogens is 383 g/mol. The van der Waals surface area contributed by atoms with Crippen molar-refractivity contribution in [3.8, 4) is 0 Å². The number of nitrogens with zero attached hydrogens (tertiary/aromatic N) is 5. The summed E-state index contributed by atoms with van der Waals surface area (Å²) in [6.45, 7) is 4.14. The van der Waals surface area contributed by atoms with Gasteiger partial charge in [0.15, 0.2) is 5.65 Å². The number of halogens is 2. The van der Waals surface area contributed by atoms with Gasteiger partial charge < -0.3 is 10.2 Å². The highest BCUT2D eigenvalue weighted by atomic mass is 35.5. The lowest BCUT2D eigenvalue weighted by Crippen LogP contribution is -2.33. The maximum Gasteiger partial charge on any atom is 0.246 e. The minimum atomic E-state index is -0.533. The lowest BCUT2D eigenvalue weighted by molar-refractivity contribution is -0.116. The second-order valence-electron chi connectivity index (χ2n) is 7.08. The minimum Gasteiger partial charge on any atom is -0.356 e. The number of amides is 1. The number of benzene rings is 1. The van der Waals surface area contributed by atoms with E-state index in [2.05, 4.69) is 32.2 Å². The van der Waals surface area contributed by atoms with E-state index < -0.39 is 5.82 Å². The van der Waals surface area contributed by atoms with Gasteiger partial charge in [0.1, 0.15) is 24.5 Å². The van der Waals surface area contributed by atoms with E-state index in [1.807, 2.05) is 0 Å². The molecule has 28 heavy (non-hydrogen) atoms. The van der Waals surface area contributed by atoms with Crippen LogP contribution >= 0.6 is 11.6 Å². The number of rotatable bonds is 4. The average Bonchev–Trinajstić information content (AvgIpc) is 3.08. The standard InChI is InChI=1S/C19H20ClFN6O/c1-12-4-6-26(7-5-12)18-14-9-24-27(19(14)23-11-22-18)10-17(28)25-13-2-3-16(21)15(20)8-13/h2-3,8-9,11-12H,4-7,10H2,1H3,(H,25,28). The van der Waals surface area contributed by atoms with Crippen LogP contribution in [-0.2, 0) is 11.3 Å². The van der Waals surface area contributed by atoms with Crippen LogP contribution < -0.4 is 10.2 Å². The molecule has 0 spiro atoms. The Hall–Kier alpha value is -2.74. The maximum absolute atomic E-state index is 13.3. The van der Waals surface area contributed by atoms with Gasteiger partial charge in [-0.05, 0) is 37.0 Å². The lowest BCUT2D eigenvalue weighted by Gasteiger charge is -2.31. The largest absolute Gasteiger partial charge is 0.356 e. The molecule has 4 rings (SSSR count). The van der Waals surface area contributed by atoms with Crippen molar-refractivity contribution in [2.75, 3.05) is 23.3 Å². The summed E-state index contributed by atoms with van der Waals surface area (Å²) in [5, 5.41) is 7.79. The van der Waals surface area contributed by atoms with Gasteiger partial charge in [-0.25, -0.2) is 19.0 Å². The van der Waals surface area contributed by atoms with Gasteiger partial charge >= 0.3 is 0 Å². The summed E-state index contributed by atoms with van der Waals surface area (Å²) in [6, 6.07) is 4.03. The third kappa shape index (κ3) is 3.77. The highest BCUT2D eigenvalue weighted by Crippen LogP contribution is 2.27. The number of fused-ring (bicyclic) bond motifs is 1. The Morgan fingerprint density at radius 3 is 2.86 bits per heavy atom. The van der Waals surface area contributed by atoms with Crippen LogP contribution in [0.3, 0.4) is 0 Å². The highest BCUT2D eigenvalue weighted by molar-refractivity contribution is 6.31. The Labute approximate surface area is 166 Å². The zero-order chi connectivity index (χ0) is 19.7. The minimum absolute atomic E-state index is 0.0218. The SMILES string of the molecule is CC1CCN(c2ncnc3c2cnn3CC(=O)Nc2ccc(F)c(Cl)c2)CC1. The number of carbonyl (C=O) groups excluding carboxylic acids is 1. The predicted molar refractivity (Wildman–Crippen MR) is 106 cm³/mol. The fraction of sp³-hybridized carbons (Fsp3) is 0.368. The van der Waals surface area contributed by atoms with E-state index in [9.17, 15) is 9.18 Å². The van der Waals surface area contributed by atoms with Crippen LogP contribution in [0.5, 0.6) is 0 Å². The number of anilines is 2. The highest BCUT2D eigenvalue weighted by Gasteiger charge is 2.21. The number of nitrogens with one attached hydrogen (secondary N) is 1. The van der Waals surface area contributed by atoms with Crippen molar-refractivity contribution in [2.24, 2.45) is 5.92 Å². The molecule has 1 N–H and O–H groups in total. The number of hydrogen-bond acceptors (Lipinski definition) is 5. The molecule has 9 heteroatoms. The Balaban J connectivity index is 1.52. The molecule has 0 bridgehead atoms. The summed E-state index contributed by atoms with van der Waals surface area (Å²) in [5.41, 5.74) is 1.03. The summed E-state index contributed by atoms with van der Waals surface area (Å²) in [4.78, 5) is 23.4. The quantitative estimate of drug-likeness (QED) is 0.722. The monoisotopic (exact) mass is 402 g/mol. The molecule has 1 saturated heterocycles. The van der Waals surface area contributed by atoms with Crippen LogP contribution in [0.25, 0.3) is 11.0 Å². The first-order valence-corrected chi connectivity index (χ1v) is 9.55. The summed E-state index contributed by atoms with van der Waals surface area (Å²) in [5.74, 6) is 0.738. The van der Waals surface area contributed by atoms with Crippen LogP contribution in [0.15, 0.2) is 30.7 Å². The van der Waals surface area contributed by atoms with Crippen molar-refractivity contribution in [3.05, 3.63) is 41.6 Å². The molecule has 0 unspecified atom stereocenters. The first kappa shape index (κ1) is 18.6. The van der Waals surface area contributed by atoms with Gasteiger partial charge in [-0.1, -0.05) is 18.5 Å². The average molecular weight is 403 g/mol. The van der Waals surface area contributed by atoms with E-state index in [1.54, 1.807) is 6.20 Å². The number of piperidine rings is 1. The molecule has 3 heterocycles. The Morgan fingerprint density at radius 1 is 1.32 bits per heavy atom. The van der Waals surface area contributed by atoms with Gasteiger partial charge in [-0.15, -0.1) is 0 Å². The van der Waals surface area contributed by atoms with E-state index in [-0.39, 0.29) is 17.5 Å². The first-order chi connectivity index (χ1) is 13.5. The van der Waals surface area contributed by atoms with Crippen LogP contribution in [0.4, 0.5) is 15.9 Å². The van der Waals surface area contributed by atoms with Crippen LogP contribution in [-0.4, -0.2) is 38.7 Å².